The minimum Gasteiger partial charge on any atom is -0.492 e. The third kappa shape index (κ3) is 3.25. The van der Waals surface area contributed by atoms with Gasteiger partial charge < -0.3 is 15.6 Å². The zero-order valence-corrected chi connectivity index (χ0v) is 8.64. The first-order valence-electron chi connectivity index (χ1n) is 4.77. The molecule has 0 unspecified atom stereocenters. The normalized spacial score (nSPS) is 12.1. The van der Waals surface area contributed by atoms with Gasteiger partial charge in [-0.15, -0.1) is 0 Å². The Morgan fingerprint density at radius 1 is 1.53 bits per heavy atom. The highest BCUT2D eigenvalue weighted by atomic mass is 16.5. The minimum absolute atomic E-state index is 0.0333. The molecule has 15 heavy (non-hydrogen) atoms. The molecule has 1 rings (SSSR count). The number of carbonyl (C=O) groups is 1. The highest BCUT2D eigenvalue weighted by Gasteiger charge is 2.09. The van der Waals surface area contributed by atoms with E-state index in [1.165, 1.54) is 0 Å². The predicted octanol–water partition coefficient (Wildman–Crippen LogP) is 0.793. The van der Waals surface area contributed by atoms with E-state index < -0.39 is 5.91 Å². The second-order valence-corrected chi connectivity index (χ2v) is 3.46. The number of nitrogens with two attached hydrogens (primary N) is 1. The molecular weight excluding hydrogens is 194 g/mol. The van der Waals surface area contributed by atoms with Crippen LogP contribution in [0.5, 0.6) is 5.75 Å². The summed E-state index contributed by atoms with van der Waals surface area (Å²) in [6.45, 7) is 2.27. The van der Waals surface area contributed by atoms with E-state index in [0.29, 0.717) is 17.9 Å². The van der Waals surface area contributed by atoms with Crippen molar-refractivity contribution in [1.82, 2.24) is 0 Å². The topological polar surface area (TPSA) is 72.6 Å². The molecular formula is C11H15NO3. The molecule has 1 aromatic carbocycles. The highest BCUT2D eigenvalue weighted by molar-refractivity contribution is 5.95. The van der Waals surface area contributed by atoms with Crippen molar-refractivity contribution in [1.29, 1.82) is 0 Å². The van der Waals surface area contributed by atoms with Gasteiger partial charge in [0.1, 0.15) is 5.75 Å². The highest BCUT2D eigenvalue weighted by Crippen LogP contribution is 2.17. The van der Waals surface area contributed by atoms with E-state index in [4.69, 9.17) is 15.6 Å². The van der Waals surface area contributed by atoms with Gasteiger partial charge >= 0.3 is 0 Å². The number of aliphatic hydroxyl groups excluding tert-OH is 1. The summed E-state index contributed by atoms with van der Waals surface area (Å²) in [6, 6.07) is 6.79. The average molecular weight is 209 g/mol. The first kappa shape index (κ1) is 11.5. The van der Waals surface area contributed by atoms with Gasteiger partial charge in [-0.05, 0) is 12.1 Å². The average Bonchev–Trinajstić information content (AvgIpc) is 2.26. The maximum absolute atomic E-state index is 11.0. The van der Waals surface area contributed by atoms with Crippen molar-refractivity contribution >= 4 is 5.91 Å². The van der Waals surface area contributed by atoms with Gasteiger partial charge in [0.05, 0.1) is 12.2 Å². The molecule has 0 saturated heterocycles. The van der Waals surface area contributed by atoms with Crippen LogP contribution in [-0.2, 0) is 0 Å². The number of hydrogen-bond donors (Lipinski definition) is 2. The number of primary amides is 1. The number of rotatable bonds is 5. The van der Waals surface area contributed by atoms with Crippen molar-refractivity contribution in [3.63, 3.8) is 0 Å². The quantitative estimate of drug-likeness (QED) is 0.753. The standard InChI is InChI=1S/C11H15NO3/c1-8(6-13)7-15-10-5-3-2-4-9(10)11(12)14/h2-5,8,13H,6-7H2,1H3,(H2,12,14)/t8-/m1/s1. The van der Waals surface area contributed by atoms with E-state index >= 15 is 0 Å². The lowest BCUT2D eigenvalue weighted by Crippen LogP contribution is -2.16. The van der Waals surface area contributed by atoms with Gasteiger partial charge in [-0.25, -0.2) is 0 Å². The lowest BCUT2D eigenvalue weighted by atomic mass is 10.2. The third-order valence-electron chi connectivity index (χ3n) is 1.99. The van der Waals surface area contributed by atoms with Crippen molar-refractivity contribution in [3.8, 4) is 5.75 Å². The maximum Gasteiger partial charge on any atom is 0.252 e. The van der Waals surface area contributed by atoms with E-state index in [0.717, 1.165) is 0 Å². The van der Waals surface area contributed by atoms with Crippen LogP contribution in [0.4, 0.5) is 0 Å². The van der Waals surface area contributed by atoms with Gasteiger partial charge in [0, 0.05) is 12.5 Å². The molecule has 0 aliphatic carbocycles. The fraction of sp³-hybridized carbons (Fsp3) is 0.364. The van der Waals surface area contributed by atoms with Crippen LogP contribution in [0, 0.1) is 5.92 Å². The number of aliphatic hydroxyl groups is 1. The zero-order chi connectivity index (χ0) is 11.3. The largest absolute Gasteiger partial charge is 0.492 e. The minimum atomic E-state index is -0.512. The fourth-order valence-electron chi connectivity index (χ4n) is 1.08. The van der Waals surface area contributed by atoms with Crippen LogP contribution in [0.1, 0.15) is 17.3 Å². The molecule has 0 bridgehead atoms. The third-order valence-corrected chi connectivity index (χ3v) is 1.99. The van der Waals surface area contributed by atoms with Crippen molar-refractivity contribution in [3.05, 3.63) is 29.8 Å². The summed E-state index contributed by atoms with van der Waals surface area (Å²) in [4.78, 5) is 11.0. The van der Waals surface area contributed by atoms with Gasteiger partial charge in [0.2, 0.25) is 0 Å². The number of amides is 1. The Hall–Kier alpha value is -1.55. The smallest absolute Gasteiger partial charge is 0.252 e. The molecule has 0 heterocycles. The molecule has 0 saturated carbocycles. The Morgan fingerprint density at radius 2 is 2.20 bits per heavy atom. The Balaban J connectivity index is 2.72. The van der Waals surface area contributed by atoms with E-state index in [2.05, 4.69) is 0 Å². The fourth-order valence-corrected chi connectivity index (χ4v) is 1.08. The van der Waals surface area contributed by atoms with Gasteiger partial charge in [0.25, 0.3) is 5.91 Å². The Bertz CT molecular complexity index is 338. The molecule has 1 aromatic rings. The van der Waals surface area contributed by atoms with Crippen LogP contribution in [-0.4, -0.2) is 24.2 Å². The molecule has 0 aliphatic rings. The lowest BCUT2D eigenvalue weighted by molar-refractivity contribution is 0.0994. The summed E-state index contributed by atoms with van der Waals surface area (Å²) in [7, 11) is 0. The maximum atomic E-state index is 11.0. The van der Waals surface area contributed by atoms with Crippen LogP contribution >= 0.6 is 0 Å². The second-order valence-electron chi connectivity index (χ2n) is 3.46. The van der Waals surface area contributed by atoms with Crippen LogP contribution in [0.2, 0.25) is 0 Å². The number of hydrogen-bond acceptors (Lipinski definition) is 3. The summed E-state index contributed by atoms with van der Waals surface area (Å²) in [5.74, 6) is -0.0153. The molecule has 1 atom stereocenters. The van der Waals surface area contributed by atoms with Crippen molar-refractivity contribution in [2.75, 3.05) is 13.2 Å². The van der Waals surface area contributed by atoms with E-state index in [9.17, 15) is 4.79 Å². The van der Waals surface area contributed by atoms with Crippen LogP contribution in [0.15, 0.2) is 24.3 Å². The molecule has 3 N–H and O–H groups in total. The summed E-state index contributed by atoms with van der Waals surface area (Å²) in [5, 5.41) is 8.82. The molecule has 4 nitrogen and oxygen atoms in total. The van der Waals surface area contributed by atoms with Crippen molar-refractivity contribution in [2.24, 2.45) is 11.7 Å². The SMILES string of the molecule is C[C@H](CO)COc1ccccc1C(N)=O. The van der Waals surface area contributed by atoms with Crippen LogP contribution < -0.4 is 10.5 Å². The van der Waals surface area contributed by atoms with Crippen molar-refractivity contribution in [2.45, 2.75) is 6.92 Å². The van der Waals surface area contributed by atoms with Crippen LogP contribution in [0.25, 0.3) is 0 Å². The number of benzene rings is 1. The first-order valence-corrected chi connectivity index (χ1v) is 4.77. The second kappa shape index (κ2) is 5.36. The summed E-state index contributed by atoms with van der Waals surface area (Å²) in [6.07, 6.45) is 0. The number of carbonyl (C=O) groups excluding carboxylic acids is 1. The molecule has 0 spiro atoms. The Kier molecular flexibility index (Phi) is 4.12. The Labute approximate surface area is 88.7 Å². The van der Waals surface area contributed by atoms with Gasteiger partial charge in [-0.1, -0.05) is 19.1 Å². The molecule has 0 aromatic heterocycles. The molecule has 0 fully saturated rings. The molecule has 1 amide bonds. The van der Waals surface area contributed by atoms with Gasteiger partial charge in [-0.2, -0.15) is 0 Å². The molecule has 4 heteroatoms. The Morgan fingerprint density at radius 3 is 2.80 bits per heavy atom. The first-order chi connectivity index (χ1) is 7.15. The van der Waals surface area contributed by atoms with Gasteiger partial charge in [-0.3, -0.25) is 4.79 Å². The molecule has 82 valence electrons. The number of ether oxygens (including phenoxy) is 1. The summed E-state index contributed by atoms with van der Waals surface area (Å²) < 4.78 is 5.39. The predicted molar refractivity (Wildman–Crippen MR) is 56.7 cm³/mol. The zero-order valence-electron chi connectivity index (χ0n) is 8.64. The van der Waals surface area contributed by atoms with E-state index in [-0.39, 0.29) is 12.5 Å². The molecule has 0 radical (unpaired) electrons. The van der Waals surface area contributed by atoms with E-state index in [1.54, 1.807) is 24.3 Å². The van der Waals surface area contributed by atoms with E-state index in [1.807, 2.05) is 6.92 Å². The number of para-hydroxylation sites is 1. The van der Waals surface area contributed by atoms with Crippen molar-refractivity contribution < 1.29 is 14.6 Å². The summed E-state index contributed by atoms with van der Waals surface area (Å²) in [5.41, 5.74) is 5.55. The van der Waals surface area contributed by atoms with Gasteiger partial charge in [0.15, 0.2) is 0 Å². The monoisotopic (exact) mass is 209 g/mol. The van der Waals surface area contributed by atoms with Crippen LogP contribution in [0.3, 0.4) is 0 Å². The molecule has 0 aliphatic heterocycles. The summed E-state index contributed by atoms with van der Waals surface area (Å²) >= 11 is 0. The lowest BCUT2D eigenvalue weighted by Gasteiger charge is -2.12.